The number of fused-ring (bicyclic) bond motifs is 1. The summed E-state index contributed by atoms with van der Waals surface area (Å²) < 4.78 is 43.7. The van der Waals surface area contributed by atoms with Gasteiger partial charge in [0.15, 0.2) is 11.5 Å². The van der Waals surface area contributed by atoms with Crippen LogP contribution in [0.1, 0.15) is 15.9 Å². The average molecular weight is 485 g/mol. The van der Waals surface area contributed by atoms with Crippen molar-refractivity contribution in [2.24, 2.45) is 0 Å². The third-order valence-corrected chi connectivity index (χ3v) is 6.41. The van der Waals surface area contributed by atoms with Crippen LogP contribution in [0.3, 0.4) is 0 Å². The first kappa shape index (κ1) is 23.4. The van der Waals surface area contributed by atoms with Crippen LogP contribution < -0.4 is 24.2 Å². The number of aryl methyl sites for hydroxylation is 1. The Labute approximate surface area is 197 Å². The standard InChI is InChI=1S/C24H24N2O7S/c1-16-2-6-18(7-3-16)26-34(29,30)21-9-4-17(5-10-21)24(28)25-13-19(27)14-31-20-8-11-22-23(12-20)33-15-32-22/h2-12,19,26-27H,13-15H2,1H3,(H,25,28). The molecule has 1 aliphatic heterocycles. The Hall–Kier alpha value is -3.76. The van der Waals surface area contributed by atoms with Crippen LogP contribution in [0.5, 0.6) is 17.2 Å². The Morgan fingerprint density at radius 3 is 2.47 bits per heavy atom. The number of amides is 1. The van der Waals surface area contributed by atoms with Crippen molar-refractivity contribution in [2.45, 2.75) is 17.9 Å². The molecule has 0 aromatic heterocycles. The van der Waals surface area contributed by atoms with Crippen molar-refractivity contribution in [1.82, 2.24) is 5.32 Å². The van der Waals surface area contributed by atoms with Gasteiger partial charge in [-0.05, 0) is 55.5 Å². The zero-order valence-electron chi connectivity index (χ0n) is 18.4. The first-order valence-corrected chi connectivity index (χ1v) is 12.0. The van der Waals surface area contributed by atoms with E-state index in [1.807, 2.05) is 6.92 Å². The zero-order chi connectivity index (χ0) is 24.1. The van der Waals surface area contributed by atoms with Gasteiger partial charge in [0, 0.05) is 23.9 Å². The van der Waals surface area contributed by atoms with Gasteiger partial charge in [-0.1, -0.05) is 17.7 Å². The lowest BCUT2D eigenvalue weighted by atomic mass is 10.2. The third-order valence-electron chi connectivity index (χ3n) is 5.02. The molecule has 0 aliphatic carbocycles. The summed E-state index contributed by atoms with van der Waals surface area (Å²) >= 11 is 0. The molecule has 0 saturated heterocycles. The predicted molar refractivity (Wildman–Crippen MR) is 125 cm³/mol. The molecule has 1 amide bonds. The number of anilines is 1. The molecule has 1 atom stereocenters. The largest absolute Gasteiger partial charge is 0.491 e. The van der Waals surface area contributed by atoms with E-state index in [0.717, 1.165) is 5.56 Å². The van der Waals surface area contributed by atoms with E-state index in [1.165, 1.54) is 24.3 Å². The summed E-state index contributed by atoms with van der Waals surface area (Å²) in [6, 6.07) is 17.6. The highest BCUT2D eigenvalue weighted by Gasteiger charge is 2.17. The molecule has 178 valence electrons. The highest BCUT2D eigenvalue weighted by Crippen LogP contribution is 2.35. The van der Waals surface area contributed by atoms with Crippen molar-refractivity contribution in [3.63, 3.8) is 0 Å². The molecule has 1 unspecified atom stereocenters. The number of carbonyl (C=O) groups is 1. The van der Waals surface area contributed by atoms with E-state index in [1.54, 1.807) is 42.5 Å². The van der Waals surface area contributed by atoms with Gasteiger partial charge < -0.3 is 24.6 Å². The van der Waals surface area contributed by atoms with Gasteiger partial charge in [0.2, 0.25) is 6.79 Å². The lowest BCUT2D eigenvalue weighted by Gasteiger charge is -2.14. The maximum absolute atomic E-state index is 12.6. The van der Waals surface area contributed by atoms with E-state index in [9.17, 15) is 18.3 Å². The summed E-state index contributed by atoms with van der Waals surface area (Å²) in [4.78, 5) is 12.4. The van der Waals surface area contributed by atoms with Gasteiger partial charge in [0.05, 0.1) is 4.90 Å². The van der Waals surface area contributed by atoms with Gasteiger partial charge in [-0.25, -0.2) is 8.42 Å². The molecule has 0 saturated carbocycles. The number of benzene rings is 3. The number of hydrogen-bond donors (Lipinski definition) is 3. The lowest BCUT2D eigenvalue weighted by Crippen LogP contribution is -2.35. The van der Waals surface area contributed by atoms with Crippen LogP contribution in [0, 0.1) is 6.92 Å². The third kappa shape index (κ3) is 5.77. The van der Waals surface area contributed by atoms with Crippen molar-refractivity contribution in [2.75, 3.05) is 24.7 Å². The van der Waals surface area contributed by atoms with Crippen LogP contribution in [-0.4, -0.2) is 45.5 Å². The van der Waals surface area contributed by atoms with Gasteiger partial charge >= 0.3 is 0 Å². The number of hydrogen-bond acceptors (Lipinski definition) is 7. The number of sulfonamides is 1. The summed E-state index contributed by atoms with van der Waals surface area (Å²) in [5.74, 6) is 1.26. The fourth-order valence-electron chi connectivity index (χ4n) is 3.15. The van der Waals surface area contributed by atoms with E-state index in [4.69, 9.17) is 14.2 Å². The number of rotatable bonds is 9. The van der Waals surface area contributed by atoms with Gasteiger partial charge in [0.1, 0.15) is 18.5 Å². The molecular weight excluding hydrogens is 460 g/mol. The second-order valence-electron chi connectivity index (χ2n) is 7.69. The smallest absolute Gasteiger partial charge is 0.261 e. The van der Waals surface area contributed by atoms with Gasteiger partial charge in [-0.2, -0.15) is 0 Å². The number of carbonyl (C=O) groups excluding carboxylic acids is 1. The van der Waals surface area contributed by atoms with Gasteiger partial charge in [-0.15, -0.1) is 0 Å². The first-order valence-electron chi connectivity index (χ1n) is 10.5. The minimum atomic E-state index is -3.79. The maximum atomic E-state index is 12.6. The normalized spacial score (nSPS) is 13.2. The lowest BCUT2D eigenvalue weighted by molar-refractivity contribution is 0.0843. The Morgan fingerprint density at radius 2 is 1.74 bits per heavy atom. The highest BCUT2D eigenvalue weighted by molar-refractivity contribution is 7.92. The zero-order valence-corrected chi connectivity index (χ0v) is 19.2. The summed E-state index contributed by atoms with van der Waals surface area (Å²) in [6.07, 6.45) is -0.951. The molecule has 4 rings (SSSR count). The molecule has 9 nitrogen and oxygen atoms in total. The number of aliphatic hydroxyl groups is 1. The van der Waals surface area contributed by atoms with E-state index in [2.05, 4.69) is 10.0 Å². The van der Waals surface area contributed by atoms with Gasteiger partial charge in [-0.3, -0.25) is 9.52 Å². The molecule has 0 spiro atoms. The SMILES string of the molecule is Cc1ccc(NS(=O)(=O)c2ccc(C(=O)NCC(O)COc3ccc4c(c3)OCO4)cc2)cc1. The Kier molecular flexibility index (Phi) is 6.90. The maximum Gasteiger partial charge on any atom is 0.261 e. The van der Waals surface area contributed by atoms with Crippen molar-refractivity contribution in [1.29, 1.82) is 0 Å². The van der Waals surface area contributed by atoms with Gasteiger partial charge in [0.25, 0.3) is 15.9 Å². The van der Waals surface area contributed by atoms with E-state index in [-0.39, 0.29) is 30.4 Å². The second-order valence-corrected chi connectivity index (χ2v) is 9.37. The molecule has 3 N–H and O–H groups in total. The molecule has 0 radical (unpaired) electrons. The van der Waals surface area contributed by atoms with Crippen LogP contribution in [0.2, 0.25) is 0 Å². The highest BCUT2D eigenvalue weighted by atomic mass is 32.2. The molecule has 1 aliphatic rings. The van der Waals surface area contributed by atoms with E-state index >= 15 is 0 Å². The fraction of sp³-hybridized carbons (Fsp3) is 0.208. The quantitative estimate of drug-likeness (QED) is 0.427. The summed E-state index contributed by atoms with van der Waals surface area (Å²) in [6.45, 7) is 1.98. The van der Waals surface area contributed by atoms with Crippen LogP contribution in [0.15, 0.2) is 71.6 Å². The second kappa shape index (κ2) is 10.0. The molecule has 10 heteroatoms. The van der Waals surface area contributed by atoms with E-state index in [0.29, 0.717) is 22.9 Å². The monoisotopic (exact) mass is 484 g/mol. The minimum absolute atomic E-state index is 0.0294. The van der Waals surface area contributed by atoms with Crippen molar-refractivity contribution >= 4 is 21.6 Å². The molecule has 0 bridgehead atoms. The number of aliphatic hydroxyl groups excluding tert-OH is 1. The van der Waals surface area contributed by atoms with Crippen molar-refractivity contribution < 1.29 is 32.5 Å². The topological polar surface area (TPSA) is 123 Å². The van der Waals surface area contributed by atoms with Crippen molar-refractivity contribution in [3.8, 4) is 17.2 Å². The summed E-state index contributed by atoms with van der Waals surface area (Å²) in [7, 11) is -3.79. The van der Waals surface area contributed by atoms with Crippen LogP contribution in [-0.2, 0) is 10.0 Å². The minimum Gasteiger partial charge on any atom is -0.491 e. The molecule has 1 heterocycles. The molecule has 0 fully saturated rings. The molecular formula is C24H24N2O7S. The Balaban J connectivity index is 1.27. The molecule has 3 aromatic carbocycles. The Bertz CT molecular complexity index is 1260. The van der Waals surface area contributed by atoms with Crippen molar-refractivity contribution in [3.05, 3.63) is 77.9 Å². The predicted octanol–water partition coefficient (Wildman–Crippen LogP) is 2.69. The molecule has 34 heavy (non-hydrogen) atoms. The Morgan fingerprint density at radius 1 is 1.03 bits per heavy atom. The summed E-state index contributed by atoms with van der Waals surface area (Å²) in [5.41, 5.74) is 1.73. The summed E-state index contributed by atoms with van der Waals surface area (Å²) in [5, 5.41) is 12.7. The van der Waals surface area contributed by atoms with Crippen LogP contribution in [0.4, 0.5) is 5.69 Å². The number of nitrogens with one attached hydrogen (secondary N) is 2. The number of ether oxygens (including phenoxy) is 3. The van der Waals surface area contributed by atoms with Crippen LogP contribution >= 0.6 is 0 Å². The van der Waals surface area contributed by atoms with E-state index < -0.39 is 22.0 Å². The fourth-order valence-corrected chi connectivity index (χ4v) is 4.21. The van der Waals surface area contributed by atoms with Crippen LogP contribution in [0.25, 0.3) is 0 Å². The average Bonchev–Trinajstić information content (AvgIpc) is 3.30. The molecule has 3 aromatic rings. The first-order chi connectivity index (χ1) is 16.3.